The van der Waals surface area contributed by atoms with Gasteiger partial charge >= 0.3 is 5.97 Å². The number of carboxylic acid groups (broad SMARTS) is 1. The molecule has 0 radical (unpaired) electrons. The highest BCUT2D eigenvalue weighted by atomic mass is 16.5. The number of hydrogen-bond donors (Lipinski definition) is 2. The van der Waals surface area contributed by atoms with E-state index in [0.717, 1.165) is 46.3 Å². The van der Waals surface area contributed by atoms with Crippen molar-refractivity contribution in [1.29, 1.82) is 0 Å². The van der Waals surface area contributed by atoms with Crippen LogP contribution < -0.4 is 14.2 Å². The smallest absolute Gasteiger partial charge is 0.307 e. The number of rotatable bonds is 7. The molecule has 1 aliphatic carbocycles. The Morgan fingerprint density at radius 3 is 2.50 bits per heavy atom. The van der Waals surface area contributed by atoms with Gasteiger partial charge in [0.2, 0.25) is 0 Å². The lowest BCUT2D eigenvalue weighted by Crippen LogP contribution is -2.19. The SMILES string of the molecule is COc1ccc(-c2[nH]c3ccc(OC4CCCCC4)cc3c2CC(=O)O)c(OC)c1. The minimum Gasteiger partial charge on any atom is -0.497 e. The molecule has 6 nitrogen and oxygen atoms in total. The fourth-order valence-corrected chi connectivity index (χ4v) is 4.25. The van der Waals surface area contributed by atoms with E-state index in [1.54, 1.807) is 20.3 Å². The molecule has 1 saturated carbocycles. The van der Waals surface area contributed by atoms with Crippen LogP contribution in [0.3, 0.4) is 0 Å². The Morgan fingerprint density at radius 1 is 1.03 bits per heavy atom. The van der Waals surface area contributed by atoms with E-state index in [-0.39, 0.29) is 12.5 Å². The van der Waals surface area contributed by atoms with Crippen LogP contribution in [0.1, 0.15) is 37.7 Å². The van der Waals surface area contributed by atoms with E-state index in [4.69, 9.17) is 14.2 Å². The van der Waals surface area contributed by atoms with E-state index >= 15 is 0 Å². The molecule has 0 atom stereocenters. The van der Waals surface area contributed by atoms with Crippen LogP contribution in [0.5, 0.6) is 17.2 Å². The number of H-pyrrole nitrogens is 1. The van der Waals surface area contributed by atoms with Crippen LogP contribution in [0.15, 0.2) is 36.4 Å². The second-order valence-electron chi connectivity index (χ2n) is 7.70. The monoisotopic (exact) mass is 409 g/mol. The van der Waals surface area contributed by atoms with Gasteiger partial charge in [0, 0.05) is 22.5 Å². The highest BCUT2D eigenvalue weighted by Crippen LogP contribution is 2.39. The number of aromatic amines is 1. The van der Waals surface area contributed by atoms with Gasteiger partial charge in [0.1, 0.15) is 17.2 Å². The summed E-state index contributed by atoms with van der Waals surface area (Å²) in [5.41, 5.74) is 3.12. The average Bonchev–Trinajstić information content (AvgIpc) is 3.11. The highest BCUT2D eigenvalue weighted by molar-refractivity contribution is 5.95. The van der Waals surface area contributed by atoms with Crippen molar-refractivity contribution in [2.75, 3.05) is 14.2 Å². The molecule has 0 bridgehead atoms. The molecule has 1 heterocycles. The minimum absolute atomic E-state index is 0.0998. The molecule has 1 fully saturated rings. The van der Waals surface area contributed by atoms with Crippen molar-refractivity contribution in [3.05, 3.63) is 42.0 Å². The Balaban J connectivity index is 1.78. The second-order valence-corrected chi connectivity index (χ2v) is 7.70. The first-order valence-electron chi connectivity index (χ1n) is 10.3. The van der Waals surface area contributed by atoms with Gasteiger partial charge in [-0.1, -0.05) is 6.42 Å². The van der Waals surface area contributed by atoms with Gasteiger partial charge in [0.05, 0.1) is 32.4 Å². The number of carbonyl (C=O) groups is 1. The Hall–Kier alpha value is -3.15. The van der Waals surface area contributed by atoms with Crippen LogP contribution in [0.2, 0.25) is 0 Å². The molecule has 30 heavy (non-hydrogen) atoms. The molecule has 3 aromatic rings. The summed E-state index contributed by atoms with van der Waals surface area (Å²) in [4.78, 5) is 15.0. The quantitative estimate of drug-likeness (QED) is 0.561. The predicted molar refractivity (Wildman–Crippen MR) is 116 cm³/mol. The van der Waals surface area contributed by atoms with E-state index in [2.05, 4.69) is 4.98 Å². The molecule has 1 aliphatic rings. The summed E-state index contributed by atoms with van der Waals surface area (Å²) < 4.78 is 17.0. The summed E-state index contributed by atoms with van der Waals surface area (Å²) in [5, 5.41) is 10.4. The third-order valence-corrected chi connectivity index (χ3v) is 5.74. The zero-order valence-corrected chi connectivity index (χ0v) is 17.4. The van der Waals surface area contributed by atoms with Crippen molar-refractivity contribution in [2.24, 2.45) is 0 Å². The van der Waals surface area contributed by atoms with E-state index in [1.807, 2.05) is 30.3 Å². The maximum atomic E-state index is 11.7. The summed E-state index contributed by atoms with van der Waals surface area (Å²) in [6, 6.07) is 11.4. The van der Waals surface area contributed by atoms with Gasteiger partial charge in [0.25, 0.3) is 0 Å². The molecular formula is C24H27NO5. The number of aromatic nitrogens is 1. The van der Waals surface area contributed by atoms with Crippen LogP contribution >= 0.6 is 0 Å². The number of ether oxygens (including phenoxy) is 3. The number of carboxylic acids is 1. The Labute approximate surface area is 175 Å². The Kier molecular flexibility index (Phi) is 5.84. The minimum atomic E-state index is -0.886. The average molecular weight is 409 g/mol. The lowest BCUT2D eigenvalue weighted by atomic mass is 9.97. The summed E-state index contributed by atoms with van der Waals surface area (Å²) in [6.07, 6.45) is 5.94. The number of aliphatic carboxylic acids is 1. The van der Waals surface area contributed by atoms with E-state index in [0.29, 0.717) is 11.5 Å². The van der Waals surface area contributed by atoms with Crippen molar-refractivity contribution >= 4 is 16.9 Å². The molecule has 1 aromatic heterocycles. The van der Waals surface area contributed by atoms with Crippen molar-refractivity contribution in [1.82, 2.24) is 4.98 Å². The predicted octanol–water partition coefficient (Wildman–Crippen LogP) is 5.19. The standard InChI is InChI=1S/C24H27NO5/c1-28-16-8-10-18(22(13-16)29-2)24-20(14-23(26)27)19-12-17(9-11-21(19)25-24)30-15-6-4-3-5-7-15/h8-13,15,25H,3-7,14H2,1-2H3,(H,26,27). The van der Waals surface area contributed by atoms with E-state index < -0.39 is 5.97 Å². The third kappa shape index (κ3) is 4.08. The largest absolute Gasteiger partial charge is 0.497 e. The first-order valence-corrected chi connectivity index (χ1v) is 10.3. The van der Waals surface area contributed by atoms with E-state index in [1.165, 1.54) is 19.3 Å². The number of benzene rings is 2. The van der Waals surface area contributed by atoms with Crippen LogP contribution in [0.4, 0.5) is 0 Å². The lowest BCUT2D eigenvalue weighted by Gasteiger charge is -2.23. The Morgan fingerprint density at radius 2 is 1.80 bits per heavy atom. The molecule has 2 N–H and O–H groups in total. The maximum absolute atomic E-state index is 11.7. The second kappa shape index (κ2) is 8.69. The summed E-state index contributed by atoms with van der Waals surface area (Å²) >= 11 is 0. The molecule has 0 saturated heterocycles. The summed E-state index contributed by atoms with van der Waals surface area (Å²) in [7, 11) is 3.19. The molecule has 0 amide bonds. The fourth-order valence-electron chi connectivity index (χ4n) is 4.25. The van der Waals surface area contributed by atoms with Gasteiger partial charge in [-0.3, -0.25) is 4.79 Å². The zero-order chi connectivity index (χ0) is 21.1. The number of nitrogens with one attached hydrogen (secondary N) is 1. The van der Waals surface area contributed by atoms with Gasteiger partial charge in [-0.25, -0.2) is 0 Å². The van der Waals surface area contributed by atoms with Gasteiger partial charge in [-0.05, 0) is 61.6 Å². The molecule has 158 valence electrons. The number of fused-ring (bicyclic) bond motifs is 1. The maximum Gasteiger partial charge on any atom is 0.307 e. The fraction of sp³-hybridized carbons (Fsp3) is 0.375. The normalized spacial score (nSPS) is 14.6. The van der Waals surface area contributed by atoms with Crippen molar-refractivity contribution in [3.63, 3.8) is 0 Å². The molecular weight excluding hydrogens is 382 g/mol. The number of hydrogen-bond acceptors (Lipinski definition) is 4. The van der Waals surface area contributed by atoms with Crippen LogP contribution in [-0.2, 0) is 11.2 Å². The molecule has 0 spiro atoms. The van der Waals surface area contributed by atoms with Crippen LogP contribution in [0, 0.1) is 0 Å². The Bertz CT molecular complexity index is 1050. The third-order valence-electron chi connectivity index (χ3n) is 5.74. The lowest BCUT2D eigenvalue weighted by molar-refractivity contribution is -0.136. The van der Waals surface area contributed by atoms with Gasteiger partial charge in [0.15, 0.2) is 0 Å². The zero-order valence-electron chi connectivity index (χ0n) is 17.4. The molecule has 2 aromatic carbocycles. The van der Waals surface area contributed by atoms with E-state index in [9.17, 15) is 9.90 Å². The number of methoxy groups -OCH3 is 2. The topological polar surface area (TPSA) is 80.8 Å². The van der Waals surface area contributed by atoms with Crippen LogP contribution in [0.25, 0.3) is 22.2 Å². The highest BCUT2D eigenvalue weighted by Gasteiger charge is 2.21. The molecule has 6 heteroatoms. The van der Waals surface area contributed by atoms with Gasteiger partial charge in [-0.2, -0.15) is 0 Å². The van der Waals surface area contributed by atoms with Crippen molar-refractivity contribution < 1.29 is 24.1 Å². The molecule has 0 aliphatic heterocycles. The first kappa shape index (κ1) is 20.1. The summed E-state index contributed by atoms with van der Waals surface area (Å²) in [6.45, 7) is 0. The first-order chi connectivity index (χ1) is 14.6. The van der Waals surface area contributed by atoms with Gasteiger partial charge < -0.3 is 24.3 Å². The van der Waals surface area contributed by atoms with Crippen LogP contribution in [-0.4, -0.2) is 36.4 Å². The van der Waals surface area contributed by atoms with Crippen molar-refractivity contribution in [3.8, 4) is 28.5 Å². The van der Waals surface area contributed by atoms with Gasteiger partial charge in [-0.15, -0.1) is 0 Å². The molecule has 4 rings (SSSR count). The van der Waals surface area contributed by atoms with Crippen molar-refractivity contribution in [2.45, 2.75) is 44.6 Å². The summed E-state index contributed by atoms with van der Waals surface area (Å²) in [5.74, 6) is 1.19. The molecule has 0 unspecified atom stereocenters.